The third kappa shape index (κ3) is 15.4. The summed E-state index contributed by atoms with van der Waals surface area (Å²) in [5.74, 6) is -0.173. The molecule has 0 aliphatic heterocycles. The van der Waals surface area contributed by atoms with Gasteiger partial charge in [-0.3, -0.25) is 4.79 Å². The van der Waals surface area contributed by atoms with Gasteiger partial charge in [0.25, 0.3) is 0 Å². The highest BCUT2D eigenvalue weighted by Crippen LogP contribution is 2.13. The molecule has 0 aromatic carbocycles. The van der Waals surface area contributed by atoms with Gasteiger partial charge in [0, 0.05) is 20.0 Å². The minimum Gasteiger partial charge on any atom is -0.462 e. The highest BCUT2D eigenvalue weighted by molar-refractivity contribution is 5.66. The van der Waals surface area contributed by atoms with Gasteiger partial charge in [0.1, 0.15) is 6.10 Å². The number of unbranched alkanes of at least 4 members (excludes halogenated alkanes) is 7. The lowest BCUT2D eigenvalue weighted by Gasteiger charge is -2.15. The van der Waals surface area contributed by atoms with Crippen LogP contribution in [0.3, 0.4) is 0 Å². The molecule has 1 unspecified atom stereocenters. The Labute approximate surface area is 130 Å². The standard InChI is InChI=1S/C18H34O3/c1-3-4-5-11-14-18(21-17(2)20)15-12-9-7-6-8-10-13-16-19/h9,12,18-19H,3-8,10-11,13-16H2,1-2H3. The minimum absolute atomic E-state index is 0.0463. The van der Waals surface area contributed by atoms with Crippen LogP contribution in [0.25, 0.3) is 0 Å². The molecule has 0 rings (SSSR count). The van der Waals surface area contributed by atoms with E-state index >= 15 is 0 Å². The Morgan fingerprint density at radius 2 is 1.76 bits per heavy atom. The summed E-state index contributed by atoms with van der Waals surface area (Å²) in [6.07, 6.45) is 16.5. The molecule has 0 aliphatic carbocycles. The van der Waals surface area contributed by atoms with Crippen molar-refractivity contribution >= 4 is 5.97 Å². The topological polar surface area (TPSA) is 46.5 Å². The number of hydrogen-bond donors (Lipinski definition) is 1. The quantitative estimate of drug-likeness (QED) is 0.285. The maximum absolute atomic E-state index is 11.1. The third-order valence-corrected chi connectivity index (χ3v) is 3.56. The molecular weight excluding hydrogens is 264 g/mol. The van der Waals surface area contributed by atoms with Crippen LogP contribution in [0.2, 0.25) is 0 Å². The highest BCUT2D eigenvalue weighted by Gasteiger charge is 2.09. The number of rotatable bonds is 14. The summed E-state index contributed by atoms with van der Waals surface area (Å²) in [7, 11) is 0. The second-order valence-corrected chi connectivity index (χ2v) is 5.71. The van der Waals surface area contributed by atoms with Crippen LogP contribution < -0.4 is 0 Å². The van der Waals surface area contributed by atoms with Crippen molar-refractivity contribution in [3.05, 3.63) is 12.2 Å². The van der Waals surface area contributed by atoms with Gasteiger partial charge in [-0.2, -0.15) is 0 Å². The normalized spacial score (nSPS) is 12.7. The first kappa shape index (κ1) is 20.2. The molecule has 0 aromatic rings. The molecule has 0 radical (unpaired) electrons. The predicted molar refractivity (Wildman–Crippen MR) is 88.2 cm³/mol. The van der Waals surface area contributed by atoms with E-state index in [1.807, 2.05) is 0 Å². The van der Waals surface area contributed by atoms with Crippen LogP contribution in [0.5, 0.6) is 0 Å². The number of ether oxygens (including phenoxy) is 1. The summed E-state index contributed by atoms with van der Waals surface area (Å²) < 4.78 is 5.37. The van der Waals surface area contributed by atoms with Crippen molar-refractivity contribution in [2.45, 2.75) is 90.6 Å². The van der Waals surface area contributed by atoms with Crippen LogP contribution in [0.1, 0.15) is 84.5 Å². The number of carbonyl (C=O) groups is 1. The zero-order valence-electron chi connectivity index (χ0n) is 14.0. The summed E-state index contributed by atoms with van der Waals surface area (Å²) in [5.41, 5.74) is 0. The lowest BCUT2D eigenvalue weighted by molar-refractivity contribution is -0.146. The van der Waals surface area contributed by atoms with Crippen molar-refractivity contribution in [2.75, 3.05) is 6.61 Å². The van der Waals surface area contributed by atoms with E-state index < -0.39 is 0 Å². The summed E-state index contributed by atoms with van der Waals surface area (Å²) >= 11 is 0. The van der Waals surface area contributed by atoms with Crippen LogP contribution >= 0.6 is 0 Å². The van der Waals surface area contributed by atoms with Crippen LogP contribution in [0.4, 0.5) is 0 Å². The molecule has 0 aromatic heterocycles. The van der Waals surface area contributed by atoms with Gasteiger partial charge in [-0.15, -0.1) is 0 Å². The first-order chi connectivity index (χ1) is 10.2. The minimum atomic E-state index is -0.173. The molecule has 0 saturated carbocycles. The number of aliphatic hydroxyl groups is 1. The van der Waals surface area contributed by atoms with Crippen molar-refractivity contribution in [1.82, 2.24) is 0 Å². The molecule has 1 atom stereocenters. The largest absolute Gasteiger partial charge is 0.462 e. The van der Waals surface area contributed by atoms with Gasteiger partial charge < -0.3 is 9.84 Å². The Morgan fingerprint density at radius 3 is 2.43 bits per heavy atom. The van der Waals surface area contributed by atoms with Crippen LogP contribution in [-0.4, -0.2) is 23.8 Å². The lowest BCUT2D eigenvalue weighted by Crippen LogP contribution is -2.15. The summed E-state index contributed by atoms with van der Waals surface area (Å²) in [5, 5.41) is 8.69. The van der Waals surface area contributed by atoms with Gasteiger partial charge in [-0.1, -0.05) is 51.2 Å². The average Bonchev–Trinajstić information content (AvgIpc) is 2.45. The Kier molecular flexibility index (Phi) is 14.9. The van der Waals surface area contributed by atoms with Crippen LogP contribution in [0, 0.1) is 0 Å². The van der Waals surface area contributed by atoms with Crippen molar-refractivity contribution in [1.29, 1.82) is 0 Å². The number of hydrogen-bond acceptors (Lipinski definition) is 3. The predicted octanol–water partition coefficient (Wildman–Crippen LogP) is 4.78. The maximum atomic E-state index is 11.1. The summed E-state index contributed by atoms with van der Waals surface area (Å²) in [6.45, 7) is 3.99. The highest BCUT2D eigenvalue weighted by atomic mass is 16.5. The van der Waals surface area contributed by atoms with Gasteiger partial charge in [0.05, 0.1) is 0 Å². The van der Waals surface area contributed by atoms with E-state index in [9.17, 15) is 4.79 Å². The molecule has 124 valence electrons. The molecule has 0 heterocycles. The number of aliphatic hydroxyl groups excluding tert-OH is 1. The number of esters is 1. The van der Waals surface area contributed by atoms with Gasteiger partial charge >= 0.3 is 5.97 Å². The number of allylic oxidation sites excluding steroid dienone is 1. The monoisotopic (exact) mass is 298 g/mol. The smallest absolute Gasteiger partial charge is 0.302 e. The first-order valence-corrected chi connectivity index (χ1v) is 8.63. The second kappa shape index (κ2) is 15.6. The molecule has 0 saturated heterocycles. The van der Waals surface area contributed by atoms with E-state index in [0.29, 0.717) is 6.61 Å². The molecule has 0 aliphatic rings. The van der Waals surface area contributed by atoms with Gasteiger partial charge in [-0.05, 0) is 32.1 Å². The molecular formula is C18H34O3. The van der Waals surface area contributed by atoms with Crippen LogP contribution in [-0.2, 0) is 9.53 Å². The Balaban J connectivity index is 3.75. The average molecular weight is 298 g/mol. The SMILES string of the molecule is CCCCCCC(CC=CCCCCCCO)OC(C)=O. The molecule has 0 fully saturated rings. The van der Waals surface area contributed by atoms with Crippen molar-refractivity contribution in [2.24, 2.45) is 0 Å². The molecule has 3 heteroatoms. The van der Waals surface area contributed by atoms with E-state index in [1.165, 1.54) is 39.0 Å². The van der Waals surface area contributed by atoms with Gasteiger partial charge in [0.2, 0.25) is 0 Å². The third-order valence-electron chi connectivity index (χ3n) is 3.56. The summed E-state index contributed by atoms with van der Waals surface area (Å²) in [6, 6.07) is 0. The molecule has 0 spiro atoms. The Bertz CT molecular complexity index is 261. The van der Waals surface area contributed by atoms with Crippen molar-refractivity contribution < 1.29 is 14.6 Å². The zero-order valence-corrected chi connectivity index (χ0v) is 14.0. The fourth-order valence-corrected chi connectivity index (χ4v) is 2.35. The Hall–Kier alpha value is -0.830. The van der Waals surface area contributed by atoms with E-state index in [-0.39, 0.29) is 12.1 Å². The molecule has 21 heavy (non-hydrogen) atoms. The van der Waals surface area contributed by atoms with E-state index in [1.54, 1.807) is 0 Å². The maximum Gasteiger partial charge on any atom is 0.302 e. The molecule has 0 amide bonds. The second-order valence-electron chi connectivity index (χ2n) is 5.71. The number of carbonyl (C=O) groups excluding carboxylic acids is 1. The van der Waals surface area contributed by atoms with E-state index in [4.69, 9.17) is 9.84 Å². The van der Waals surface area contributed by atoms with Gasteiger partial charge in [-0.25, -0.2) is 0 Å². The van der Waals surface area contributed by atoms with Crippen LogP contribution in [0.15, 0.2) is 12.2 Å². The fraction of sp³-hybridized carbons (Fsp3) is 0.833. The Morgan fingerprint density at radius 1 is 1.05 bits per heavy atom. The van der Waals surface area contributed by atoms with Crippen molar-refractivity contribution in [3.8, 4) is 0 Å². The first-order valence-electron chi connectivity index (χ1n) is 8.63. The van der Waals surface area contributed by atoms with E-state index in [0.717, 1.165) is 38.5 Å². The lowest BCUT2D eigenvalue weighted by atomic mass is 10.1. The summed E-state index contributed by atoms with van der Waals surface area (Å²) in [4.78, 5) is 11.1. The van der Waals surface area contributed by atoms with Gasteiger partial charge in [0.15, 0.2) is 0 Å². The molecule has 1 N–H and O–H groups in total. The zero-order chi connectivity index (χ0) is 15.8. The van der Waals surface area contributed by atoms with E-state index in [2.05, 4.69) is 19.1 Å². The van der Waals surface area contributed by atoms with Crippen molar-refractivity contribution in [3.63, 3.8) is 0 Å². The fourth-order valence-electron chi connectivity index (χ4n) is 2.35. The molecule has 3 nitrogen and oxygen atoms in total. The molecule has 0 bridgehead atoms.